The van der Waals surface area contributed by atoms with Crippen LogP contribution in [0.1, 0.15) is 20.3 Å². The molecule has 0 saturated heterocycles. The van der Waals surface area contributed by atoms with E-state index in [0.29, 0.717) is 19.6 Å². The summed E-state index contributed by atoms with van der Waals surface area (Å²) in [6, 6.07) is 0. The Balaban J connectivity index is 3.51. The number of halogens is 1. The van der Waals surface area contributed by atoms with E-state index in [1.54, 1.807) is 11.9 Å². The summed E-state index contributed by atoms with van der Waals surface area (Å²) in [6.07, 6.45) is 0.774. The van der Waals surface area contributed by atoms with Gasteiger partial charge in [-0.15, -0.1) is 0 Å². The Bertz CT molecular complexity index is 165. The average molecular weight is 314 g/mol. The van der Waals surface area contributed by atoms with Crippen LogP contribution in [-0.2, 0) is 9.53 Å². The zero-order chi connectivity index (χ0) is 11.0. The van der Waals surface area contributed by atoms with Crippen LogP contribution in [0.25, 0.3) is 0 Å². The summed E-state index contributed by atoms with van der Waals surface area (Å²) >= 11 is 2.04. The highest BCUT2D eigenvalue weighted by atomic mass is 127. The lowest BCUT2D eigenvalue weighted by molar-refractivity contribution is -0.130. The number of hydrogen-bond acceptors (Lipinski definition) is 3. The first-order valence-electron chi connectivity index (χ1n) is 4.77. The largest absolute Gasteiger partial charge is 0.377 e. The first-order chi connectivity index (χ1) is 6.57. The maximum Gasteiger partial charge on any atom is 0.223 e. The van der Waals surface area contributed by atoms with Crippen molar-refractivity contribution in [2.24, 2.45) is 0 Å². The van der Waals surface area contributed by atoms with E-state index in [1.807, 2.05) is 36.7 Å². The Morgan fingerprint density at radius 1 is 1.57 bits per heavy atom. The zero-order valence-corrected chi connectivity index (χ0v) is 11.2. The highest BCUT2D eigenvalue weighted by Crippen LogP contribution is 1.93. The third-order valence-corrected chi connectivity index (χ3v) is 2.28. The van der Waals surface area contributed by atoms with Crippen LogP contribution in [0.5, 0.6) is 0 Å². The van der Waals surface area contributed by atoms with Crippen molar-refractivity contribution in [1.82, 2.24) is 8.43 Å². The Labute approximate surface area is 99.9 Å². The normalized spacial score (nSPS) is 10.6. The van der Waals surface area contributed by atoms with Crippen molar-refractivity contribution in [3.05, 3.63) is 0 Å². The lowest BCUT2D eigenvalue weighted by atomic mass is 10.4. The molecule has 0 saturated carbocycles. The average Bonchev–Trinajstić information content (AvgIpc) is 2.13. The van der Waals surface area contributed by atoms with E-state index < -0.39 is 0 Å². The zero-order valence-electron chi connectivity index (χ0n) is 9.05. The molecule has 84 valence electrons. The molecule has 0 radical (unpaired) electrons. The van der Waals surface area contributed by atoms with Crippen LogP contribution < -0.4 is 3.53 Å². The number of hydrogen-bond donors (Lipinski definition) is 1. The van der Waals surface area contributed by atoms with Crippen LogP contribution in [0.4, 0.5) is 0 Å². The van der Waals surface area contributed by atoms with Gasteiger partial charge in [-0.3, -0.25) is 8.32 Å². The molecule has 0 bridgehead atoms. The highest BCUT2D eigenvalue weighted by Gasteiger charge is 2.07. The molecule has 0 aliphatic rings. The SMILES string of the molecule is CC(C)OCCN(C)C(=O)CCNI. The van der Waals surface area contributed by atoms with Crippen LogP contribution >= 0.6 is 22.9 Å². The van der Waals surface area contributed by atoms with Gasteiger partial charge in [0.25, 0.3) is 0 Å². The molecule has 0 heterocycles. The molecule has 5 heteroatoms. The van der Waals surface area contributed by atoms with E-state index in [4.69, 9.17) is 4.74 Å². The maximum atomic E-state index is 11.4. The fourth-order valence-corrected chi connectivity index (χ4v) is 1.16. The number of ether oxygens (including phenoxy) is 1. The molecule has 0 spiro atoms. The van der Waals surface area contributed by atoms with Crippen molar-refractivity contribution in [2.45, 2.75) is 26.4 Å². The van der Waals surface area contributed by atoms with Gasteiger partial charge in [0.2, 0.25) is 5.91 Å². The number of carbonyl (C=O) groups is 1. The molecule has 0 rings (SSSR count). The van der Waals surface area contributed by atoms with Crippen molar-refractivity contribution in [3.8, 4) is 0 Å². The Morgan fingerprint density at radius 3 is 2.71 bits per heavy atom. The second kappa shape index (κ2) is 8.43. The molecule has 4 nitrogen and oxygen atoms in total. The van der Waals surface area contributed by atoms with E-state index >= 15 is 0 Å². The van der Waals surface area contributed by atoms with Gasteiger partial charge in [-0.25, -0.2) is 0 Å². The minimum atomic E-state index is 0.154. The minimum Gasteiger partial charge on any atom is -0.377 e. The summed E-state index contributed by atoms with van der Waals surface area (Å²) in [5.41, 5.74) is 0. The van der Waals surface area contributed by atoms with Crippen LogP contribution in [0.15, 0.2) is 0 Å². The standard InChI is InChI=1S/C9H19IN2O2/c1-8(2)14-7-6-12(3)9(13)4-5-11-10/h8,11H,4-7H2,1-3H3. The maximum absolute atomic E-state index is 11.4. The Hall–Kier alpha value is 0.120. The monoisotopic (exact) mass is 314 g/mol. The van der Waals surface area contributed by atoms with Crippen LogP contribution in [0, 0.1) is 0 Å². The van der Waals surface area contributed by atoms with Gasteiger partial charge in [0.1, 0.15) is 0 Å². The van der Waals surface area contributed by atoms with Crippen molar-refractivity contribution in [3.63, 3.8) is 0 Å². The molecular weight excluding hydrogens is 295 g/mol. The smallest absolute Gasteiger partial charge is 0.223 e. The predicted molar refractivity (Wildman–Crippen MR) is 65.4 cm³/mol. The van der Waals surface area contributed by atoms with E-state index in [0.717, 1.165) is 6.54 Å². The Kier molecular flexibility index (Phi) is 8.50. The van der Waals surface area contributed by atoms with Gasteiger partial charge in [0, 0.05) is 49.4 Å². The summed E-state index contributed by atoms with van der Waals surface area (Å²) in [4.78, 5) is 13.1. The molecular formula is C9H19IN2O2. The van der Waals surface area contributed by atoms with Crippen molar-refractivity contribution in [2.75, 3.05) is 26.7 Å². The summed E-state index contributed by atoms with van der Waals surface area (Å²) in [5.74, 6) is 0.154. The van der Waals surface area contributed by atoms with E-state index in [-0.39, 0.29) is 12.0 Å². The van der Waals surface area contributed by atoms with Gasteiger partial charge < -0.3 is 9.64 Å². The van der Waals surface area contributed by atoms with Crippen molar-refractivity contribution in [1.29, 1.82) is 0 Å². The van der Waals surface area contributed by atoms with Crippen LogP contribution in [-0.4, -0.2) is 43.7 Å². The van der Waals surface area contributed by atoms with Crippen molar-refractivity contribution >= 4 is 28.8 Å². The number of nitrogens with one attached hydrogen (secondary N) is 1. The first kappa shape index (κ1) is 14.1. The summed E-state index contributed by atoms with van der Waals surface area (Å²) in [6.45, 7) is 5.97. The molecule has 14 heavy (non-hydrogen) atoms. The molecule has 0 atom stereocenters. The second-order valence-corrected chi connectivity index (χ2v) is 4.13. The number of nitrogens with zero attached hydrogens (tertiary/aromatic N) is 1. The fourth-order valence-electron chi connectivity index (χ4n) is 0.895. The van der Waals surface area contributed by atoms with E-state index in [9.17, 15) is 4.79 Å². The molecule has 1 amide bonds. The molecule has 0 aromatic heterocycles. The van der Waals surface area contributed by atoms with Crippen molar-refractivity contribution < 1.29 is 9.53 Å². The topological polar surface area (TPSA) is 41.6 Å². The summed E-state index contributed by atoms with van der Waals surface area (Å²) < 4.78 is 8.28. The van der Waals surface area contributed by atoms with Gasteiger partial charge in [0.15, 0.2) is 0 Å². The summed E-state index contributed by atoms with van der Waals surface area (Å²) in [7, 11) is 1.80. The number of carbonyl (C=O) groups excluding carboxylic acids is 1. The fraction of sp³-hybridized carbons (Fsp3) is 0.889. The lowest BCUT2D eigenvalue weighted by Crippen LogP contribution is -2.31. The predicted octanol–water partition coefficient (Wildman–Crippen LogP) is 1.20. The third kappa shape index (κ3) is 7.52. The quantitative estimate of drug-likeness (QED) is 0.567. The van der Waals surface area contributed by atoms with Gasteiger partial charge in [0.05, 0.1) is 12.7 Å². The molecule has 0 fully saturated rings. The molecule has 1 N–H and O–H groups in total. The van der Waals surface area contributed by atoms with Crippen LogP contribution in [0.3, 0.4) is 0 Å². The molecule has 0 aromatic rings. The Morgan fingerprint density at radius 2 is 2.21 bits per heavy atom. The lowest BCUT2D eigenvalue weighted by Gasteiger charge is -2.17. The van der Waals surface area contributed by atoms with E-state index in [2.05, 4.69) is 3.53 Å². The van der Waals surface area contributed by atoms with Crippen LogP contribution in [0.2, 0.25) is 0 Å². The number of likely N-dealkylation sites (N-methyl/N-ethyl adjacent to an activating group) is 1. The second-order valence-electron chi connectivity index (χ2n) is 3.37. The first-order valence-corrected chi connectivity index (χ1v) is 5.85. The van der Waals surface area contributed by atoms with Gasteiger partial charge in [-0.1, -0.05) is 0 Å². The number of rotatable bonds is 7. The third-order valence-electron chi connectivity index (χ3n) is 1.74. The van der Waals surface area contributed by atoms with Gasteiger partial charge >= 0.3 is 0 Å². The van der Waals surface area contributed by atoms with Gasteiger partial charge in [-0.2, -0.15) is 0 Å². The molecule has 0 aliphatic carbocycles. The van der Waals surface area contributed by atoms with E-state index in [1.165, 1.54) is 0 Å². The van der Waals surface area contributed by atoms with Gasteiger partial charge in [-0.05, 0) is 13.8 Å². The minimum absolute atomic E-state index is 0.154. The molecule has 0 unspecified atom stereocenters. The molecule has 0 aliphatic heterocycles. The summed E-state index contributed by atoms with van der Waals surface area (Å²) in [5, 5.41) is 0. The number of amides is 1. The molecule has 0 aromatic carbocycles. The highest BCUT2D eigenvalue weighted by molar-refractivity contribution is 14.1.